The van der Waals surface area contributed by atoms with Crippen molar-refractivity contribution in [2.75, 3.05) is 0 Å². The standard InChI is InChI=1S/C24H20BrN5O/c1-15-4-2-3-11-30(15)23-21(16-5-9-19(25)10-6-16)20(14-28)22(17(12-26)13-27)29-24(23,31)18-7-8-18/h2-6,9-11,18,21,23,29,31H,7-8H2,1H3/t21-,23-,24-/m1/s1. The van der Waals surface area contributed by atoms with E-state index in [4.69, 9.17) is 0 Å². The molecule has 7 heteroatoms. The van der Waals surface area contributed by atoms with Crippen molar-refractivity contribution >= 4 is 21.8 Å². The summed E-state index contributed by atoms with van der Waals surface area (Å²) in [6.07, 6.45) is 3.55. The third kappa shape index (κ3) is 3.58. The first kappa shape index (κ1) is 21.0. The predicted molar refractivity (Wildman–Crippen MR) is 118 cm³/mol. The maximum Gasteiger partial charge on any atom is 0.217 e. The molecule has 4 rings (SSSR count). The van der Waals surface area contributed by atoms with Crippen LogP contribution in [0.3, 0.4) is 0 Å². The lowest BCUT2D eigenvalue weighted by Gasteiger charge is -2.43. The zero-order valence-electron chi connectivity index (χ0n) is 16.9. The Bertz CT molecular complexity index is 1200. The zero-order valence-corrected chi connectivity index (χ0v) is 18.5. The fourth-order valence-corrected chi connectivity index (χ4v) is 4.74. The van der Waals surface area contributed by atoms with Crippen LogP contribution >= 0.6 is 15.9 Å². The summed E-state index contributed by atoms with van der Waals surface area (Å²) in [5.74, 6) is 1.28. The van der Waals surface area contributed by atoms with Crippen molar-refractivity contribution in [3.8, 4) is 12.1 Å². The largest absolute Gasteiger partial charge is 0.762 e. The molecule has 154 valence electrons. The molecular formula is C24H20BrN5O. The molecule has 1 saturated carbocycles. The van der Waals surface area contributed by atoms with Gasteiger partial charge in [0, 0.05) is 29.4 Å². The number of rotatable bonds is 4. The summed E-state index contributed by atoms with van der Waals surface area (Å²) >= 11 is 3.45. The minimum Gasteiger partial charge on any atom is -0.762 e. The Morgan fingerprint density at radius 1 is 1.23 bits per heavy atom. The second-order valence-electron chi connectivity index (χ2n) is 7.95. The molecule has 0 radical (unpaired) electrons. The van der Waals surface area contributed by atoms with E-state index in [0.717, 1.165) is 28.6 Å². The average molecular weight is 474 g/mol. The second kappa shape index (κ2) is 8.13. The molecule has 2 N–H and O–H groups in total. The average Bonchev–Trinajstić information content (AvgIpc) is 3.62. The van der Waals surface area contributed by atoms with Crippen molar-refractivity contribution in [1.29, 1.82) is 10.5 Å². The predicted octanol–water partition coefficient (Wildman–Crippen LogP) is 3.54. The monoisotopic (exact) mass is 473 g/mol. The Balaban J connectivity index is 2.06. The highest BCUT2D eigenvalue weighted by Gasteiger charge is 2.61. The number of aromatic nitrogens is 1. The maximum absolute atomic E-state index is 12.0. The molecule has 0 saturated heterocycles. The molecule has 0 unspecified atom stereocenters. The van der Waals surface area contributed by atoms with Crippen LogP contribution in [0.2, 0.25) is 0 Å². The van der Waals surface area contributed by atoms with E-state index >= 15 is 0 Å². The third-order valence-corrected chi connectivity index (χ3v) is 6.63. The highest BCUT2D eigenvalue weighted by molar-refractivity contribution is 9.10. The molecular weight excluding hydrogens is 454 g/mol. The Morgan fingerprint density at radius 3 is 2.48 bits per heavy atom. The lowest BCUT2D eigenvalue weighted by atomic mass is 9.73. The smallest absolute Gasteiger partial charge is 0.217 e. The molecule has 0 spiro atoms. The SMILES string of the molecule is Cc1cccc[n+]1[C@@H]1[C@H](c2ccc(Br)cc2)C(C#N)=C(C(=C=[N-])C#N)N[C@@]1(O)C1CC1. The zero-order chi connectivity index (χ0) is 22.2. The number of benzene rings is 1. The van der Waals surface area contributed by atoms with Gasteiger partial charge in [0.25, 0.3) is 0 Å². The van der Waals surface area contributed by atoms with E-state index in [1.54, 1.807) is 0 Å². The summed E-state index contributed by atoms with van der Waals surface area (Å²) in [7, 11) is 0. The van der Waals surface area contributed by atoms with Crippen LogP contribution in [0, 0.1) is 35.5 Å². The molecule has 2 aliphatic rings. The van der Waals surface area contributed by atoms with E-state index in [9.17, 15) is 21.0 Å². The van der Waals surface area contributed by atoms with Crippen molar-refractivity contribution in [3.63, 3.8) is 0 Å². The third-order valence-electron chi connectivity index (χ3n) is 6.10. The van der Waals surface area contributed by atoms with E-state index in [-0.39, 0.29) is 22.8 Å². The molecule has 0 bridgehead atoms. The van der Waals surface area contributed by atoms with Gasteiger partial charge in [-0.2, -0.15) is 15.1 Å². The van der Waals surface area contributed by atoms with E-state index in [1.165, 1.54) is 0 Å². The van der Waals surface area contributed by atoms with Crippen LogP contribution in [-0.2, 0) is 0 Å². The van der Waals surface area contributed by atoms with Crippen molar-refractivity contribution in [3.05, 3.63) is 86.6 Å². The van der Waals surface area contributed by atoms with Gasteiger partial charge in [-0.3, -0.25) is 0 Å². The molecule has 2 heterocycles. The summed E-state index contributed by atoms with van der Waals surface area (Å²) in [5, 5.41) is 44.4. The van der Waals surface area contributed by atoms with E-state index < -0.39 is 17.7 Å². The number of allylic oxidation sites excluding steroid dienone is 2. The van der Waals surface area contributed by atoms with Gasteiger partial charge in [0.05, 0.1) is 28.8 Å². The topological polar surface area (TPSA) is 106 Å². The molecule has 31 heavy (non-hydrogen) atoms. The van der Waals surface area contributed by atoms with Crippen molar-refractivity contribution in [2.45, 2.75) is 37.5 Å². The van der Waals surface area contributed by atoms with Gasteiger partial charge in [0.2, 0.25) is 11.8 Å². The molecule has 1 aromatic carbocycles. The van der Waals surface area contributed by atoms with Gasteiger partial charge >= 0.3 is 0 Å². The van der Waals surface area contributed by atoms with Gasteiger partial charge in [-0.1, -0.05) is 34.1 Å². The molecule has 1 fully saturated rings. The Hall–Kier alpha value is -3.22. The van der Waals surface area contributed by atoms with Crippen LogP contribution in [0.4, 0.5) is 0 Å². The normalized spacial score (nSPS) is 25.1. The highest BCUT2D eigenvalue weighted by Crippen LogP contribution is 2.52. The van der Waals surface area contributed by atoms with Crippen molar-refractivity contribution < 1.29 is 9.67 Å². The summed E-state index contributed by atoms with van der Waals surface area (Å²) in [4.78, 5) is 0. The number of aliphatic hydroxyl groups is 1. The number of nitrogens with zero attached hydrogens (tertiary/aromatic N) is 4. The number of nitriles is 2. The summed E-state index contributed by atoms with van der Waals surface area (Å²) in [6, 6.07) is 17.0. The first-order chi connectivity index (χ1) is 14.9. The summed E-state index contributed by atoms with van der Waals surface area (Å²) < 4.78 is 2.89. The molecule has 6 nitrogen and oxygen atoms in total. The lowest BCUT2D eigenvalue weighted by molar-refractivity contribution is -0.747. The Morgan fingerprint density at radius 2 is 1.94 bits per heavy atom. The minimum absolute atomic E-state index is 0.0589. The van der Waals surface area contributed by atoms with Gasteiger partial charge in [-0.25, -0.2) is 5.87 Å². The summed E-state index contributed by atoms with van der Waals surface area (Å²) in [6.45, 7) is 1.96. The van der Waals surface area contributed by atoms with Crippen LogP contribution in [0.5, 0.6) is 0 Å². The summed E-state index contributed by atoms with van der Waals surface area (Å²) in [5.41, 5.74) is 0.524. The molecule has 3 atom stereocenters. The fraction of sp³-hybridized carbons (Fsp3) is 0.292. The first-order valence-corrected chi connectivity index (χ1v) is 10.8. The Kier molecular flexibility index (Phi) is 5.52. The van der Waals surface area contributed by atoms with Crippen LogP contribution in [-0.4, -0.2) is 16.7 Å². The van der Waals surface area contributed by atoms with Gasteiger partial charge < -0.3 is 15.8 Å². The molecule has 0 amide bonds. The van der Waals surface area contributed by atoms with E-state index in [0.29, 0.717) is 0 Å². The van der Waals surface area contributed by atoms with E-state index in [1.807, 2.05) is 72.1 Å². The van der Waals surface area contributed by atoms with Crippen LogP contribution in [0.15, 0.2) is 70.0 Å². The van der Waals surface area contributed by atoms with Crippen LogP contribution in [0.25, 0.3) is 5.41 Å². The Labute approximate surface area is 189 Å². The van der Waals surface area contributed by atoms with Gasteiger partial charge in [-0.15, -0.1) is 0 Å². The van der Waals surface area contributed by atoms with Gasteiger partial charge in [0.1, 0.15) is 6.07 Å². The molecule has 1 aliphatic carbocycles. The van der Waals surface area contributed by atoms with Crippen molar-refractivity contribution in [2.24, 2.45) is 5.92 Å². The van der Waals surface area contributed by atoms with Crippen LogP contribution in [0.1, 0.15) is 36.1 Å². The number of pyridine rings is 1. The first-order valence-electron chi connectivity index (χ1n) is 9.99. The lowest BCUT2D eigenvalue weighted by Crippen LogP contribution is -2.66. The van der Waals surface area contributed by atoms with E-state index in [2.05, 4.69) is 27.3 Å². The van der Waals surface area contributed by atoms with Gasteiger partial charge in [0.15, 0.2) is 11.9 Å². The fourth-order valence-electron chi connectivity index (χ4n) is 4.48. The van der Waals surface area contributed by atoms with Crippen molar-refractivity contribution in [1.82, 2.24) is 5.32 Å². The highest BCUT2D eigenvalue weighted by atomic mass is 79.9. The molecule has 1 aliphatic heterocycles. The minimum atomic E-state index is -1.43. The number of hydrogen-bond donors (Lipinski definition) is 2. The van der Waals surface area contributed by atoms with Crippen LogP contribution < -0.4 is 9.88 Å². The molecule has 1 aromatic heterocycles. The number of aryl methyl sites for hydroxylation is 1. The maximum atomic E-state index is 12.0. The van der Waals surface area contributed by atoms with Gasteiger partial charge in [-0.05, 0) is 30.5 Å². The quantitative estimate of drug-likeness (QED) is 0.402. The number of halogens is 1. The molecule has 2 aromatic rings. The number of nitrogens with one attached hydrogen (secondary N) is 1. The number of hydrogen-bond acceptors (Lipinski definition) is 4. The second-order valence-corrected chi connectivity index (χ2v) is 8.86.